The van der Waals surface area contributed by atoms with E-state index in [1.54, 1.807) is 0 Å². The fourth-order valence-corrected chi connectivity index (χ4v) is 2.60. The fourth-order valence-electron chi connectivity index (χ4n) is 1.41. The van der Waals surface area contributed by atoms with Gasteiger partial charge in [-0.25, -0.2) is 17.9 Å². The summed E-state index contributed by atoms with van der Waals surface area (Å²) in [7, 11) is -1.17. The number of nitrogens with two attached hydrogens (primary N) is 1. The van der Waals surface area contributed by atoms with E-state index < -0.39 is 16.0 Å². The maximum absolute atomic E-state index is 12.0. The predicted molar refractivity (Wildman–Crippen MR) is 75.8 cm³/mol. The van der Waals surface area contributed by atoms with Crippen LogP contribution >= 0.6 is 12.4 Å². The van der Waals surface area contributed by atoms with Gasteiger partial charge in [0.15, 0.2) is 0 Å². The maximum Gasteiger partial charge on any atom is 0.337 e. The molecule has 1 aromatic carbocycles. The number of nitrogens with one attached hydrogen (secondary N) is 1. The lowest BCUT2D eigenvalue weighted by molar-refractivity contribution is 0.0600. The van der Waals surface area contributed by atoms with Crippen LogP contribution in [0.3, 0.4) is 0 Å². The van der Waals surface area contributed by atoms with Crippen LogP contribution in [-0.2, 0) is 14.8 Å². The summed E-state index contributed by atoms with van der Waals surface area (Å²) in [6.45, 7) is 0.298. The Bertz CT molecular complexity index is 562. The second kappa shape index (κ2) is 8.05. The highest BCUT2D eigenvalue weighted by Crippen LogP contribution is 2.25. The van der Waals surface area contributed by atoms with Gasteiger partial charge in [-0.05, 0) is 18.2 Å². The third-order valence-corrected chi connectivity index (χ3v) is 3.81. The van der Waals surface area contributed by atoms with Gasteiger partial charge in [-0.2, -0.15) is 0 Å². The Morgan fingerprint density at radius 3 is 2.50 bits per heavy atom. The molecule has 0 atom stereocenters. The van der Waals surface area contributed by atoms with Crippen molar-refractivity contribution in [3.05, 3.63) is 23.8 Å². The third kappa shape index (κ3) is 4.34. The van der Waals surface area contributed by atoms with E-state index in [9.17, 15) is 13.2 Å². The van der Waals surface area contributed by atoms with E-state index in [-0.39, 0.29) is 41.7 Å². The number of ether oxygens (including phenoxy) is 2. The molecule has 0 amide bonds. The zero-order valence-corrected chi connectivity index (χ0v) is 12.7. The molecular weight excluding hydrogens is 308 g/mol. The van der Waals surface area contributed by atoms with Crippen molar-refractivity contribution in [2.45, 2.75) is 4.90 Å². The molecule has 0 heterocycles. The van der Waals surface area contributed by atoms with Gasteiger partial charge < -0.3 is 15.2 Å². The summed E-state index contributed by atoms with van der Waals surface area (Å²) in [6.07, 6.45) is 0. The van der Waals surface area contributed by atoms with Gasteiger partial charge in [0.2, 0.25) is 10.0 Å². The van der Waals surface area contributed by atoms with Gasteiger partial charge in [0.1, 0.15) is 10.6 Å². The van der Waals surface area contributed by atoms with E-state index in [1.807, 2.05) is 0 Å². The number of methoxy groups -OCH3 is 2. The molecule has 0 spiro atoms. The Balaban J connectivity index is 0.00000361. The number of carbonyl (C=O) groups excluding carboxylic acids is 1. The Kier molecular flexibility index (Phi) is 7.51. The summed E-state index contributed by atoms with van der Waals surface area (Å²) in [5.41, 5.74) is 5.45. The van der Waals surface area contributed by atoms with Crippen molar-refractivity contribution in [2.24, 2.45) is 5.73 Å². The van der Waals surface area contributed by atoms with Gasteiger partial charge in [-0.1, -0.05) is 0 Å². The highest BCUT2D eigenvalue weighted by Gasteiger charge is 2.20. The van der Waals surface area contributed by atoms with E-state index in [1.165, 1.54) is 32.4 Å². The minimum absolute atomic E-state index is 0. The van der Waals surface area contributed by atoms with Crippen LogP contribution < -0.4 is 15.2 Å². The Labute approximate surface area is 123 Å². The summed E-state index contributed by atoms with van der Waals surface area (Å²) >= 11 is 0. The first-order valence-electron chi connectivity index (χ1n) is 5.42. The van der Waals surface area contributed by atoms with Gasteiger partial charge >= 0.3 is 5.97 Å². The lowest BCUT2D eigenvalue weighted by atomic mass is 10.2. The number of hydrogen-bond donors (Lipinski definition) is 2. The lowest BCUT2D eigenvalue weighted by Gasteiger charge is -2.11. The van der Waals surface area contributed by atoms with Gasteiger partial charge in [-0.3, -0.25) is 0 Å². The largest absolute Gasteiger partial charge is 0.495 e. The van der Waals surface area contributed by atoms with Crippen LogP contribution in [0.15, 0.2) is 23.1 Å². The van der Waals surface area contributed by atoms with Crippen LogP contribution in [0.1, 0.15) is 10.4 Å². The van der Waals surface area contributed by atoms with Crippen molar-refractivity contribution >= 4 is 28.4 Å². The van der Waals surface area contributed by atoms with Crippen molar-refractivity contribution in [3.8, 4) is 5.75 Å². The predicted octanol–water partition coefficient (Wildman–Crippen LogP) is 0.141. The SMILES string of the molecule is COC(=O)c1ccc(S(=O)(=O)NCCN)c(OC)c1.Cl. The number of esters is 1. The fraction of sp³-hybridized carbons (Fsp3) is 0.364. The Morgan fingerprint density at radius 1 is 1.35 bits per heavy atom. The van der Waals surface area contributed by atoms with Crippen LogP contribution in [0.4, 0.5) is 0 Å². The molecule has 114 valence electrons. The van der Waals surface area contributed by atoms with Gasteiger partial charge in [0, 0.05) is 13.1 Å². The molecule has 0 aliphatic rings. The minimum Gasteiger partial charge on any atom is -0.495 e. The zero-order valence-electron chi connectivity index (χ0n) is 11.1. The van der Waals surface area contributed by atoms with Crippen LogP contribution in [-0.4, -0.2) is 41.7 Å². The van der Waals surface area contributed by atoms with E-state index in [2.05, 4.69) is 9.46 Å². The summed E-state index contributed by atoms with van der Waals surface area (Å²) in [5.74, 6) is -0.510. The molecule has 7 nitrogen and oxygen atoms in total. The molecule has 0 bridgehead atoms. The zero-order chi connectivity index (χ0) is 14.5. The first kappa shape index (κ1) is 18.7. The van der Waals surface area contributed by atoms with Gasteiger partial charge in [0.25, 0.3) is 0 Å². The number of sulfonamides is 1. The van der Waals surface area contributed by atoms with Crippen molar-refractivity contribution in [1.82, 2.24) is 4.72 Å². The standard InChI is InChI=1S/C11H16N2O5S.ClH/c1-17-9-7-8(11(14)18-2)3-4-10(9)19(15,16)13-6-5-12;/h3-4,7,13H,5-6,12H2,1-2H3;1H. The van der Waals surface area contributed by atoms with Crippen molar-refractivity contribution < 1.29 is 22.7 Å². The van der Waals surface area contributed by atoms with E-state index in [0.717, 1.165) is 0 Å². The molecular formula is C11H17ClN2O5S. The summed E-state index contributed by atoms with van der Waals surface area (Å²) < 4.78 is 35.8. The Hall–Kier alpha value is -1.35. The average molecular weight is 325 g/mol. The highest BCUT2D eigenvalue weighted by atomic mass is 35.5. The molecule has 1 aromatic rings. The molecule has 20 heavy (non-hydrogen) atoms. The molecule has 9 heteroatoms. The molecule has 0 aromatic heterocycles. The van der Waals surface area contributed by atoms with Crippen LogP contribution in [0.25, 0.3) is 0 Å². The summed E-state index contributed by atoms with van der Waals surface area (Å²) in [4.78, 5) is 11.3. The van der Waals surface area contributed by atoms with Gasteiger partial charge in [0.05, 0.1) is 19.8 Å². The molecule has 0 fully saturated rings. The normalized spacial score (nSPS) is 10.6. The smallest absolute Gasteiger partial charge is 0.337 e. The third-order valence-electron chi connectivity index (χ3n) is 2.31. The maximum atomic E-state index is 12.0. The highest BCUT2D eigenvalue weighted by molar-refractivity contribution is 7.89. The van der Waals surface area contributed by atoms with E-state index in [0.29, 0.717) is 0 Å². The minimum atomic E-state index is -3.72. The monoisotopic (exact) mass is 324 g/mol. The summed E-state index contributed by atoms with van der Waals surface area (Å²) in [5, 5.41) is 0. The van der Waals surface area contributed by atoms with Crippen LogP contribution in [0.2, 0.25) is 0 Å². The molecule has 0 saturated heterocycles. The molecule has 0 unspecified atom stereocenters. The first-order chi connectivity index (χ1) is 8.96. The number of rotatable bonds is 6. The molecule has 0 radical (unpaired) electrons. The molecule has 0 aliphatic carbocycles. The number of hydrogen-bond acceptors (Lipinski definition) is 6. The van der Waals surface area contributed by atoms with E-state index >= 15 is 0 Å². The average Bonchev–Trinajstić information content (AvgIpc) is 2.43. The van der Waals surface area contributed by atoms with Crippen LogP contribution in [0.5, 0.6) is 5.75 Å². The number of halogens is 1. The topological polar surface area (TPSA) is 108 Å². The van der Waals surface area contributed by atoms with Gasteiger partial charge in [-0.15, -0.1) is 12.4 Å². The first-order valence-corrected chi connectivity index (χ1v) is 6.90. The summed E-state index contributed by atoms with van der Waals surface area (Å²) in [6, 6.07) is 3.94. The molecule has 1 rings (SSSR count). The molecule has 3 N–H and O–H groups in total. The van der Waals surface area contributed by atoms with Crippen molar-refractivity contribution in [3.63, 3.8) is 0 Å². The second-order valence-corrected chi connectivity index (χ2v) is 5.28. The van der Waals surface area contributed by atoms with Crippen LogP contribution in [0, 0.1) is 0 Å². The molecule has 0 aliphatic heterocycles. The number of benzene rings is 1. The Morgan fingerprint density at radius 2 is 2.00 bits per heavy atom. The van der Waals surface area contributed by atoms with Crippen molar-refractivity contribution in [2.75, 3.05) is 27.3 Å². The lowest BCUT2D eigenvalue weighted by Crippen LogP contribution is -2.29. The number of carbonyl (C=O) groups is 1. The van der Waals surface area contributed by atoms with E-state index in [4.69, 9.17) is 10.5 Å². The molecule has 0 saturated carbocycles. The van der Waals surface area contributed by atoms with Crippen molar-refractivity contribution in [1.29, 1.82) is 0 Å². The quantitative estimate of drug-likeness (QED) is 0.721. The second-order valence-electron chi connectivity index (χ2n) is 3.54.